The van der Waals surface area contributed by atoms with Gasteiger partial charge in [-0.25, -0.2) is 0 Å². The molecule has 0 aromatic carbocycles. The zero-order valence-corrected chi connectivity index (χ0v) is 14.3. The molecular formula is C13H30N4O3S. The van der Waals surface area contributed by atoms with E-state index in [1.54, 1.807) is 4.31 Å². The summed E-state index contributed by atoms with van der Waals surface area (Å²) in [5.74, 6) is 0. The molecule has 0 bridgehead atoms. The molecule has 7 nitrogen and oxygen atoms in total. The Kier molecular flexibility index (Phi) is 8.69. The fourth-order valence-electron chi connectivity index (χ4n) is 2.41. The highest BCUT2D eigenvalue weighted by Gasteiger charge is 2.31. The van der Waals surface area contributed by atoms with Crippen LogP contribution in [0.4, 0.5) is 0 Å². The van der Waals surface area contributed by atoms with Crippen molar-refractivity contribution in [1.82, 2.24) is 19.2 Å². The molecule has 8 heteroatoms. The van der Waals surface area contributed by atoms with E-state index < -0.39 is 10.2 Å². The molecule has 1 atom stereocenters. The first-order valence-electron chi connectivity index (χ1n) is 7.61. The lowest BCUT2D eigenvalue weighted by atomic mass is 10.1. The van der Waals surface area contributed by atoms with Crippen molar-refractivity contribution in [2.75, 3.05) is 60.5 Å². The first-order chi connectivity index (χ1) is 9.97. The van der Waals surface area contributed by atoms with E-state index in [-0.39, 0.29) is 6.04 Å². The summed E-state index contributed by atoms with van der Waals surface area (Å²) in [6.07, 6.45) is 2.94. The number of rotatable bonds is 10. The van der Waals surface area contributed by atoms with Gasteiger partial charge in [0.1, 0.15) is 0 Å². The van der Waals surface area contributed by atoms with Crippen molar-refractivity contribution in [3.05, 3.63) is 0 Å². The number of ether oxygens (including phenoxy) is 1. The van der Waals surface area contributed by atoms with Crippen molar-refractivity contribution in [2.45, 2.75) is 25.3 Å². The fraction of sp³-hybridized carbons (Fsp3) is 1.00. The Balaban J connectivity index is 2.34. The summed E-state index contributed by atoms with van der Waals surface area (Å²) in [4.78, 5) is 2.03. The van der Waals surface area contributed by atoms with Crippen LogP contribution in [0.2, 0.25) is 0 Å². The molecule has 0 aliphatic carbocycles. The molecule has 1 unspecified atom stereocenters. The monoisotopic (exact) mass is 322 g/mol. The highest BCUT2D eigenvalue weighted by molar-refractivity contribution is 7.87. The van der Waals surface area contributed by atoms with Gasteiger partial charge < -0.3 is 15.0 Å². The molecule has 1 rings (SSSR count). The molecule has 0 radical (unpaired) electrons. The molecule has 126 valence electrons. The largest absolute Gasteiger partial charge is 0.379 e. The van der Waals surface area contributed by atoms with E-state index in [1.165, 1.54) is 0 Å². The third-order valence-corrected chi connectivity index (χ3v) is 5.20. The lowest BCUT2D eigenvalue weighted by Gasteiger charge is -2.34. The van der Waals surface area contributed by atoms with Crippen molar-refractivity contribution in [1.29, 1.82) is 0 Å². The maximum atomic E-state index is 12.3. The second-order valence-electron chi connectivity index (χ2n) is 5.63. The van der Waals surface area contributed by atoms with Crippen molar-refractivity contribution < 1.29 is 13.2 Å². The summed E-state index contributed by atoms with van der Waals surface area (Å²) < 4.78 is 34.3. The third-order valence-electron chi connectivity index (χ3n) is 3.54. The Hall–Kier alpha value is -0.250. The van der Waals surface area contributed by atoms with Crippen LogP contribution in [0.5, 0.6) is 0 Å². The maximum absolute atomic E-state index is 12.3. The van der Waals surface area contributed by atoms with Gasteiger partial charge >= 0.3 is 0 Å². The van der Waals surface area contributed by atoms with E-state index in [2.05, 4.69) is 10.0 Å². The average molecular weight is 322 g/mol. The Morgan fingerprint density at radius 3 is 2.71 bits per heavy atom. The van der Waals surface area contributed by atoms with Gasteiger partial charge in [-0.05, 0) is 34.0 Å². The summed E-state index contributed by atoms with van der Waals surface area (Å²) >= 11 is 0. The molecule has 2 N–H and O–H groups in total. The van der Waals surface area contributed by atoms with Crippen LogP contribution in [-0.2, 0) is 14.9 Å². The second-order valence-corrected chi connectivity index (χ2v) is 7.34. The lowest BCUT2D eigenvalue weighted by Crippen LogP contribution is -2.52. The van der Waals surface area contributed by atoms with E-state index in [0.717, 1.165) is 25.8 Å². The first kappa shape index (κ1) is 18.8. The van der Waals surface area contributed by atoms with Gasteiger partial charge in [-0.15, -0.1) is 0 Å². The number of nitrogens with zero attached hydrogens (tertiary/aromatic N) is 2. The molecule has 0 amide bonds. The Morgan fingerprint density at radius 1 is 1.29 bits per heavy atom. The molecule has 1 saturated heterocycles. The molecule has 0 aromatic heterocycles. The smallest absolute Gasteiger partial charge is 0.279 e. The van der Waals surface area contributed by atoms with E-state index in [9.17, 15) is 8.42 Å². The fourth-order valence-corrected chi connectivity index (χ4v) is 3.85. The predicted molar refractivity (Wildman–Crippen MR) is 84.6 cm³/mol. The average Bonchev–Trinajstić information content (AvgIpc) is 2.43. The molecule has 1 heterocycles. The van der Waals surface area contributed by atoms with Crippen LogP contribution in [-0.4, -0.2) is 84.2 Å². The van der Waals surface area contributed by atoms with E-state index >= 15 is 0 Å². The van der Waals surface area contributed by atoms with Crippen molar-refractivity contribution >= 4 is 10.2 Å². The molecule has 0 aromatic rings. The standard InChI is InChI=1S/C13H30N4O3S/c1-14-12-13-6-4-5-8-17(13)21(18,19)15-7-10-20-11-9-16(2)3/h13-15H,4-12H2,1-3H3. The van der Waals surface area contributed by atoms with Gasteiger partial charge in [-0.3, -0.25) is 0 Å². The minimum absolute atomic E-state index is 0.0518. The van der Waals surface area contributed by atoms with Crippen LogP contribution in [0.1, 0.15) is 19.3 Å². The van der Waals surface area contributed by atoms with Crippen LogP contribution in [0, 0.1) is 0 Å². The normalized spacial score (nSPS) is 21.0. The van der Waals surface area contributed by atoms with Crippen molar-refractivity contribution in [2.24, 2.45) is 0 Å². The number of likely N-dealkylation sites (N-methyl/N-ethyl adjacent to an activating group) is 2. The molecule has 0 saturated carbocycles. The Bertz CT molecular complexity index is 374. The summed E-state index contributed by atoms with van der Waals surface area (Å²) in [6, 6.07) is 0.0518. The summed E-state index contributed by atoms with van der Waals surface area (Å²) in [5, 5.41) is 3.07. The van der Waals surface area contributed by atoms with Gasteiger partial charge in [0.2, 0.25) is 0 Å². The molecule has 0 spiro atoms. The van der Waals surface area contributed by atoms with Gasteiger partial charge in [-0.2, -0.15) is 17.4 Å². The van der Waals surface area contributed by atoms with Crippen LogP contribution in [0.3, 0.4) is 0 Å². The molecule has 1 aliphatic rings. The third kappa shape index (κ3) is 7.03. The van der Waals surface area contributed by atoms with E-state index in [4.69, 9.17) is 4.74 Å². The molecule has 1 fully saturated rings. The van der Waals surface area contributed by atoms with Crippen LogP contribution < -0.4 is 10.0 Å². The molecular weight excluding hydrogens is 292 g/mol. The van der Waals surface area contributed by atoms with Crippen LogP contribution >= 0.6 is 0 Å². The van der Waals surface area contributed by atoms with Crippen LogP contribution in [0.15, 0.2) is 0 Å². The topological polar surface area (TPSA) is 73.9 Å². The van der Waals surface area contributed by atoms with Crippen LogP contribution in [0.25, 0.3) is 0 Å². The molecule has 1 aliphatic heterocycles. The van der Waals surface area contributed by atoms with Gasteiger partial charge in [0.25, 0.3) is 10.2 Å². The minimum atomic E-state index is -3.41. The quantitative estimate of drug-likeness (QED) is 0.529. The maximum Gasteiger partial charge on any atom is 0.279 e. The van der Waals surface area contributed by atoms with Crippen molar-refractivity contribution in [3.8, 4) is 0 Å². The summed E-state index contributed by atoms with van der Waals surface area (Å²) in [6.45, 7) is 3.46. The highest BCUT2D eigenvalue weighted by atomic mass is 32.2. The number of hydrogen-bond donors (Lipinski definition) is 2. The van der Waals surface area contributed by atoms with Gasteiger partial charge in [0, 0.05) is 32.2 Å². The Labute approximate surface area is 129 Å². The number of hydrogen-bond acceptors (Lipinski definition) is 5. The SMILES string of the molecule is CNCC1CCCCN1S(=O)(=O)NCCOCCN(C)C. The Morgan fingerprint density at radius 2 is 2.05 bits per heavy atom. The first-order valence-corrected chi connectivity index (χ1v) is 9.05. The van der Waals surface area contributed by atoms with E-state index in [0.29, 0.717) is 32.8 Å². The van der Waals surface area contributed by atoms with Gasteiger partial charge in [-0.1, -0.05) is 6.42 Å². The van der Waals surface area contributed by atoms with Gasteiger partial charge in [0.05, 0.1) is 13.2 Å². The summed E-state index contributed by atoms with van der Waals surface area (Å²) in [7, 11) is 2.40. The van der Waals surface area contributed by atoms with Gasteiger partial charge in [0.15, 0.2) is 0 Å². The van der Waals surface area contributed by atoms with E-state index in [1.807, 2.05) is 26.0 Å². The molecule has 21 heavy (non-hydrogen) atoms. The lowest BCUT2D eigenvalue weighted by molar-refractivity contribution is 0.121. The second kappa shape index (κ2) is 9.70. The highest BCUT2D eigenvalue weighted by Crippen LogP contribution is 2.19. The zero-order chi connectivity index (χ0) is 15.7. The summed E-state index contributed by atoms with van der Waals surface area (Å²) in [5.41, 5.74) is 0. The number of nitrogens with one attached hydrogen (secondary N) is 2. The van der Waals surface area contributed by atoms with Crippen molar-refractivity contribution in [3.63, 3.8) is 0 Å². The predicted octanol–water partition coefficient (Wildman–Crippen LogP) is -0.527. The minimum Gasteiger partial charge on any atom is -0.379 e. The zero-order valence-electron chi connectivity index (χ0n) is 13.5. The number of piperidine rings is 1.